The van der Waals surface area contributed by atoms with E-state index in [1.165, 1.54) is 6.42 Å². The molecule has 0 spiro atoms. The van der Waals surface area contributed by atoms with Crippen LogP contribution in [0.15, 0.2) is 17.5 Å². The van der Waals surface area contributed by atoms with Gasteiger partial charge < -0.3 is 10.4 Å². The molecule has 1 unspecified atom stereocenters. The Bertz CT molecular complexity index is 303. The highest BCUT2D eigenvalue weighted by molar-refractivity contribution is 7.10. The van der Waals surface area contributed by atoms with Crippen LogP contribution in [0.1, 0.15) is 18.2 Å². The minimum Gasteiger partial charge on any atom is -0.383 e. The van der Waals surface area contributed by atoms with Crippen LogP contribution >= 0.6 is 11.3 Å². The molecule has 1 fully saturated rings. The second-order valence-electron chi connectivity index (χ2n) is 4.63. The number of thiophene rings is 1. The van der Waals surface area contributed by atoms with Crippen molar-refractivity contribution < 1.29 is 5.11 Å². The summed E-state index contributed by atoms with van der Waals surface area (Å²) in [6.45, 7) is 6.88. The Kier molecular flexibility index (Phi) is 3.97. The first-order valence-electron chi connectivity index (χ1n) is 5.88. The zero-order valence-electron chi connectivity index (χ0n) is 9.78. The highest BCUT2D eigenvalue weighted by atomic mass is 32.1. The van der Waals surface area contributed by atoms with Gasteiger partial charge >= 0.3 is 0 Å². The summed E-state index contributed by atoms with van der Waals surface area (Å²) in [4.78, 5) is 3.41. The highest BCUT2D eigenvalue weighted by Gasteiger charge is 2.27. The fourth-order valence-electron chi connectivity index (χ4n) is 2.16. The van der Waals surface area contributed by atoms with E-state index in [0.717, 1.165) is 37.6 Å². The summed E-state index contributed by atoms with van der Waals surface area (Å²) in [5.74, 6) is 0. The number of rotatable bonds is 3. The zero-order chi connectivity index (χ0) is 11.4. The number of β-amino-alcohol motifs (C(OH)–C–C–N with tert-alkyl or cyclic N) is 1. The van der Waals surface area contributed by atoms with Gasteiger partial charge in [-0.1, -0.05) is 6.07 Å². The van der Waals surface area contributed by atoms with Gasteiger partial charge in [0.25, 0.3) is 0 Å². The van der Waals surface area contributed by atoms with Crippen molar-refractivity contribution in [3.8, 4) is 0 Å². The molecule has 0 aromatic carbocycles. The Hall–Kier alpha value is -0.420. The summed E-state index contributed by atoms with van der Waals surface area (Å²) < 4.78 is 0. The van der Waals surface area contributed by atoms with Gasteiger partial charge in [0.1, 0.15) is 5.60 Å². The third kappa shape index (κ3) is 3.04. The average Bonchev–Trinajstić information content (AvgIpc) is 2.67. The zero-order valence-corrected chi connectivity index (χ0v) is 10.6. The lowest BCUT2D eigenvalue weighted by molar-refractivity contribution is 0.0209. The van der Waals surface area contributed by atoms with Crippen LogP contribution in [0.5, 0.6) is 0 Å². The Morgan fingerprint density at radius 3 is 3.12 bits per heavy atom. The fourth-order valence-corrected chi connectivity index (χ4v) is 2.94. The van der Waals surface area contributed by atoms with Crippen LogP contribution in [-0.4, -0.2) is 42.7 Å². The first kappa shape index (κ1) is 12.0. The summed E-state index contributed by atoms with van der Waals surface area (Å²) in [6.07, 6.45) is 1.17. The molecule has 1 aromatic heterocycles. The van der Waals surface area contributed by atoms with Gasteiger partial charge in [0.15, 0.2) is 0 Å². The third-order valence-electron chi connectivity index (χ3n) is 3.02. The molecule has 0 bridgehead atoms. The molecule has 0 aliphatic carbocycles. The largest absolute Gasteiger partial charge is 0.383 e. The molecule has 2 rings (SSSR count). The van der Waals surface area contributed by atoms with Gasteiger partial charge in [-0.2, -0.15) is 0 Å². The molecule has 1 saturated heterocycles. The van der Waals surface area contributed by atoms with E-state index >= 15 is 0 Å². The van der Waals surface area contributed by atoms with Crippen LogP contribution in [0.3, 0.4) is 0 Å². The minimum absolute atomic E-state index is 0.710. The molecule has 1 atom stereocenters. The average molecular weight is 240 g/mol. The van der Waals surface area contributed by atoms with Crippen molar-refractivity contribution >= 4 is 11.3 Å². The Balaban J connectivity index is 1.96. The van der Waals surface area contributed by atoms with Gasteiger partial charge in [0, 0.05) is 24.5 Å². The fraction of sp³-hybridized carbons (Fsp3) is 0.667. The maximum Gasteiger partial charge on any atom is 0.109 e. The molecular weight excluding hydrogens is 220 g/mol. The minimum atomic E-state index is -0.710. The maximum absolute atomic E-state index is 10.5. The normalized spacial score (nSPS) is 22.6. The summed E-state index contributed by atoms with van der Waals surface area (Å²) >= 11 is 1.63. The second-order valence-corrected chi connectivity index (χ2v) is 5.58. The number of nitrogens with zero attached hydrogens (tertiary/aromatic N) is 1. The number of hydrogen-bond donors (Lipinski definition) is 2. The molecular formula is C12H20N2OS. The molecule has 2 heterocycles. The Morgan fingerprint density at radius 1 is 1.50 bits per heavy atom. The van der Waals surface area contributed by atoms with E-state index in [-0.39, 0.29) is 0 Å². The predicted octanol–water partition coefficient (Wildman–Crippen LogP) is 1.25. The van der Waals surface area contributed by atoms with Crippen LogP contribution in [0.4, 0.5) is 0 Å². The summed E-state index contributed by atoms with van der Waals surface area (Å²) in [5.41, 5.74) is -0.710. The van der Waals surface area contributed by atoms with Crippen molar-refractivity contribution in [1.29, 1.82) is 0 Å². The van der Waals surface area contributed by atoms with E-state index in [4.69, 9.17) is 0 Å². The van der Waals surface area contributed by atoms with E-state index in [0.29, 0.717) is 0 Å². The summed E-state index contributed by atoms with van der Waals surface area (Å²) in [6, 6.07) is 4.01. The monoisotopic (exact) mass is 240 g/mol. The van der Waals surface area contributed by atoms with Crippen LogP contribution < -0.4 is 5.32 Å². The van der Waals surface area contributed by atoms with E-state index in [2.05, 4.69) is 10.2 Å². The van der Waals surface area contributed by atoms with E-state index < -0.39 is 5.60 Å². The van der Waals surface area contributed by atoms with Crippen molar-refractivity contribution in [2.75, 3.05) is 32.7 Å². The molecule has 0 amide bonds. The van der Waals surface area contributed by atoms with Crippen molar-refractivity contribution in [2.24, 2.45) is 0 Å². The van der Waals surface area contributed by atoms with Crippen LogP contribution in [0, 0.1) is 0 Å². The molecule has 0 radical (unpaired) electrons. The van der Waals surface area contributed by atoms with Gasteiger partial charge in [-0.3, -0.25) is 4.90 Å². The first-order valence-corrected chi connectivity index (χ1v) is 6.76. The van der Waals surface area contributed by atoms with Crippen LogP contribution in [-0.2, 0) is 5.60 Å². The molecule has 2 N–H and O–H groups in total. The molecule has 1 aliphatic rings. The summed E-state index contributed by atoms with van der Waals surface area (Å²) in [5, 5.41) is 15.9. The van der Waals surface area contributed by atoms with Crippen molar-refractivity contribution in [3.63, 3.8) is 0 Å². The van der Waals surface area contributed by atoms with Crippen molar-refractivity contribution in [3.05, 3.63) is 22.4 Å². The lowest BCUT2D eigenvalue weighted by atomic mass is 10.0. The quantitative estimate of drug-likeness (QED) is 0.835. The van der Waals surface area contributed by atoms with E-state index in [9.17, 15) is 5.11 Å². The molecule has 0 saturated carbocycles. The topological polar surface area (TPSA) is 35.5 Å². The van der Waals surface area contributed by atoms with Crippen LogP contribution in [0.25, 0.3) is 0 Å². The molecule has 1 aliphatic heterocycles. The molecule has 4 heteroatoms. The standard InChI is InChI=1S/C12H20N2OS/c1-12(15,11-4-2-9-16-11)10-14-7-3-5-13-6-8-14/h2,4,9,13,15H,3,5-8,10H2,1H3. The van der Waals surface area contributed by atoms with Crippen molar-refractivity contribution in [2.45, 2.75) is 18.9 Å². The maximum atomic E-state index is 10.5. The highest BCUT2D eigenvalue weighted by Crippen LogP contribution is 2.26. The van der Waals surface area contributed by atoms with Crippen molar-refractivity contribution in [1.82, 2.24) is 10.2 Å². The van der Waals surface area contributed by atoms with Gasteiger partial charge in [0.05, 0.1) is 0 Å². The first-order chi connectivity index (χ1) is 7.68. The van der Waals surface area contributed by atoms with E-state index in [1.54, 1.807) is 11.3 Å². The summed E-state index contributed by atoms with van der Waals surface area (Å²) in [7, 11) is 0. The molecule has 16 heavy (non-hydrogen) atoms. The van der Waals surface area contributed by atoms with Gasteiger partial charge in [-0.15, -0.1) is 11.3 Å². The Labute approximate surface area is 101 Å². The Morgan fingerprint density at radius 2 is 2.38 bits per heavy atom. The van der Waals surface area contributed by atoms with Gasteiger partial charge in [0.2, 0.25) is 0 Å². The second kappa shape index (κ2) is 5.27. The molecule has 3 nitrogen and oxygen atoms in total. The number of nitrogens with one attached hydrogen (secondary N) is 1. The van der Waals surface area contributed by atoms with Crippen LogP contribution in [0.2, 0.25) is 0 Å². The smallest absolute Gasteiger partial charge is 0.109 e. The lowest BCUT2D eigenvalue weighted by Crippen LogP contribution is -2.40. The third-order valence-corrected chi connectivity index (χ3v) is 4.14. The predicted molar refractivity (Wildman–Crippen MR) is 67.8 cm³/mol. The number of aliphatic hydroxyl groups is 1. The lowest BCUT2D eigenvalue weighted by Gasteiger charge is -2.29. The molecule has 90 valence electrons. The van der Waals surface area contributed by atoms with E-state index in [1.807, 2.05) is 24.4 Å². The number of hydrogen-bond acceptors (Lipinski definition) is 4. The molecule has 1 aromatic rings. The SMILES string of the molecule is CC(O)(CN1CCCNCC1)c1cccs1. The van der Waals surface area contributed by atoms with Gasteiger partial charge in [-0.05, 0) is 37.9 Å². The van der Waals surface area contributed by atoms with Gasteiger partial charge in [-0.25, -0.2) is 0 Å².